The monoisotopic (exact) mass is 347 g/mol. The summed E-state index contributed by atoms with van der Waals surface area (Å²) in [6.07, 6.45) is 1.54. The minimum atomic E-state index is -3.61. The quantitative estimate of drug-likeness (QED) is 0.904. The van der Waals surface area contributed by atoms with Crippen LogP contribution in [-0.4, -0.2) is 38.2 Å². The first-order valence-electron chi connectivity index (χ1n) is 7.36. The first kappa shape index (κ1) is 16.3. The van der Waals surface area contributed by atoms with E-state index in [1.807, 2.05) is 0 Å². The van der Waals surface area contributed by atoms with Crippen molar-refractivity contribution in [3.05, 3.63) is 54.0 Å². The van der Waals surface area contributed by atoms with Gasteiger partial charge in [0.1, 0.15) is 17.6 Å². The van der Waals surface area contributed by atoms with E-state index in [1.165, 1.54) is 11.0 Å². The molecule has 8 heteroatoms. The van der Waals surface area contributed by atoms with Gasteiger partial charge in [-0.3, -0.25) is 14.5 Å². The van der Waals surface area contributed by atoms with Crippen LogP contribution in [-0.2, 0) is 21.4 Å². The van der Waals surface area contributed by atoms with Gasteiger partial charge in [-0.25, -0.2) is 8.42 Å². The van der Waals surface area contributed by atoms with Crippen molar-refractivity contribution >= 4 is 21.8 Å². The van der Waals surface area contributed by atoms with Crippen LogP contribution in [0.1, 0.15) is 18.2 Å². The van der Waals surface area contributed by atoms with Gasteiger partial charge in [-0.1, -0.05) is 12.1 Å². The van der Waals surface area contributed by atoms with E-state index in [0.717, 1.165) is 0 Å². The van der Waals surface area contributed by atoms with Gasteiger partial charge in [0.25, 0.3) is 10.0 Å². The number of nitrogens with zero attached hydrogens (tertiary/aromatic N) is 2. The predicted molar refractivity (Wildman–Crippen MR) is 87.9 cm³/mol. The van der Waals surface area contributed by atoms with Gasteiger partial charge in [-0.15, -0.1) is 0 Å². The van der Waals surface area contributed by atoms with Crippen molar-refractivity contribution in [2.45, 2.75) is 24.4 Å². The van der Waals surface area contributed by atoms with E-state index >= 15 is 0 Å². The fourth-order valence-corrected chi connectivity index (χ4v) is 3.75. The van der Waals surface area contributed by atoms with E-state index in [9.17, 15) is 13.2 Å². The van der Waals surface area contributed by atoms with Crippen molar-refractivity contribution in [2.75, 3.05) is 7.05 Å². The molecule has 1 atom stereocenters. The highest BCUT2D eigenvalue weighted by molar-refractivity contribution is 7.90. The van der Waals surface area contributed by atoms with Crippen LogP contribution in [0.3, 0.4) is 0 Å². The molecule has 24 heavy (non-hydrogen) atoms. The molecule has 1 aliphatic rings. The number of amides is 1. The topological polar surface area (TPSA) is 92.0 Å². The Balaban J connectivity index is 1.80. The number of likely N-dealkylation sites (N-methyl/N-ethyl adjacent to an activating group) is 1. The molecule has 0 bridgehead atoms. The average molecular weight is 347 g/mol. The van der Waals surface area contributed by atoms with E-state index in [-0.39, 0.29) is 16.6 Å². The lowest BCUT2D eigenvalue weighted by molar-refractivity contribution is -0.131. The largest absolute Gasteiger partial charge is 0.467 e. The van der Waals surface area contributed by atoms with Crippen LogP contribution in [0, 0.1) is 0 Å². The van der Waals surface area contributed by atoms with Gasteiger partial charge in [0.15, 0.2) is 0 Å². The van der Waals surface area contributed by atoms with Crippen LogP contribution in [0.15, 0.2) is 57.0 Å². The van der Waals surface area contributed by atoms with Crippen molar-refractivity contribution in [2.24, 2.45) is 4.99 Å². The predicted octanol–water partition coefficient (Wildman–Crippen LogP) is 1.37. The number of hydrogen-bond acceptors (Lipinski definition) is 5. The Labute approximate surface area is 140 Å². The Morgan fingerprint density at radius 3 is 2.75 bits per heavy atom. The van der Waals surface area contributed by atoms with Gasteiger partial charge < -0.3 is 9.32 Å². The summed E-state index contributed by atoms with van der Waals surface area (Å²) in [5, 5.41) is 0. The standard InChI is InChI=1S/C16H17N3O4S/c1-11(16(20)19(2)10-12-6-5-9-23-12)17-15-13-7-3-4-8-14(13)24(21,22)18-15/h3-9,11H,10H2,1-2H3,(H,17,18). The van der Waals surface area contributed by atoms with Crippen molar-refractivity contribution in [3.63, 3.8) is 0 Å². The number of nitrogens with one attached hydrogen (secondary N) is 1. The third kappa shape index (κ3) is 3.05. The van der Waals surface area contributed by atoms with Gasteiger partial charge in [0.2, 0.25) is 5.91 Å². The zero-order valence-corrected chi connectivity index (χ0v) is 14.1. The highest BCUT2D eigenvalue weighted by atomic mass is 32.2. The van der Waals surface area contributed by atoms with Gasteiger partial charge in [0.05, 0.1) is 17.7 Å². The van der Waals surface area contributed by atoms with Crippen LogP contribution < -0.4 is 4.72 Å². The summed E-state index contributed by atoms with van der Waals surface area (Å²) in [7, 11) is -1.96. The van der Waals surface area contributed by atoms with Crippen LogP contribution >= 0.6 is 0 Å². The van der Waals surface area contributed by atoms with Gasteiger partial charge in [-0.2, -0.15) is 0 Å². The Hall–Kier alpha value is -2.61. The second-order valence-corrected chi connectivity index (χ2v) is 7.18. The maximum Gasteiger partial charge on any atom is 0.263 e. The van der Waals surface area contributed by atoms with Crippen molar-refractivity contribution in [3.8, 4) is 0 Å². The fourth-order valence-electron chi connectivity index (χ4n) is 2.51. The lowest BCUT2D eigenvalue weighted by Gasteiger charge is -2.18. The number of hydrogen-bond donors (Lipinski definition) is 1. The molecular weight excluding hydrogens is 330 g/mol. The third-order valence-electron chi connectivity index (χ3n) is 3.69. The Morgan fingerprint density at radius 2 is 2.04 bits per heavy atom. The number of sulfonamides is 1. The van der Waals surface area contributed by atoms with Crippen molar-refractivity contribution in [1.29, 1.82) is 0 Å². The highest BCUT2D eigenvalue weighted by Gasteiger charge is 2.31. The first-order chi connectivity index (χ1) is 11.4. The van der Waals surface area contributed by atoms with Crippen molar-refractivity contribution in [1.82, 2.24) is 9.62 Å². The van der Waals surface area contributed by atoms with Crippen LogP contribution in [0.5, 0.6) is 0 Å². The summed E-state index contributed by atoms with van der Waals surface area (Å²) < 4.78 is 31.7. The molecule has 7 nitrogen and oxygen atoms in total. The number of aliphatic imine (C=N–C) groups is 1. The molecule has 0 spiro atoms. The molecule has 0 saturated heterocycles. The van der Waals surface area contributed by atoms with E-state index in [0.29, 0.717) is 17.9 Å². The summed E-state index contributed by atoms with van der Waals surface area (Å²) in [6, 6.07) is 9.35. The normalized spacial score (nSPS) is 18.0. The SMILES string of the molecule is CC(N=C1NS(=O)(=O)c2ccccc21)C(=O)N(C)Cc1ccco1. The second-order valence-electron chi connectivity index (χ2n) is 5.53. The van der Waals surface area contributed by atoms with E-state index in [2.05, 4.69) is 9.71 Å². The Bertz CT molecular complexity index is 888. The third-order valence-corrected chi connectivity index (χ3v) is 5.09. The molecule has 1 aromatic heterocycles. The zero-order valence-electron chi connectivity index (χ0n) is 13.3. The highest BCUT2D eigenvalue weighted by Crippen LogP contribution is 2.22. The summed E-state index contributed by atoms with van der Waals surface area (Å²) in [5.41, 5.74) is 0.478. The molecule has 2 aromatic rings. The minimum absolute atomic E-state index is 0.173. The minimum Gasteiger partial charge on any atom is -0.467 e. The van der Waals surface area contributed by atoms with Crippen LogP contribution in [0.4, 0.5) is 0 Å². The Kier molecular flexibility index (Phi) is 4.15. The number of benzene rings is 1. The number of carbonyl (C=O) groups is 1. The molecule has 0 aliphatic carbocycles. The molecule has 1 aromatic carbocycles. The molecule has 1 aliphatic heterocycles. The van der Waals surface area contributed by atoms with Gasteiger partial charge >= 0.3 is 0 Å². The maximum atomic E-state index is 12.4. The molecule has 2 heterocycles. The van der Waals surface area contributed by atoms with E-state index < -0.39 is 16.1 Å². The number of amidine groups is 1. The van der Waals surface area contributed by atoms with Crippen molar-refractivity contribution < 1.29 is 17.6 Å². The molecule has 1 amide bonds. The number of carbonyl (C=O) groups excluding carboxylic acids is 1. The summed E-state index contributed by atoms with van der Waals surface area (Å²) >= 11 is 0. The lowest BCUT2D eigenvalue weighted by Crippen LogP contribution is -2.35. The van der Waals surface area contributed by atoms with E-state index in [1.54, 1.807) is 50.6 Å². The fraction of sp³-hybridized carbons (Fsp3) is 0.250. The zero-order chi connectivity index (χ0) is 17.3. The molecule has 0 fully saturated rings. The molecule has 3 rings (SSSR count). The summed E-state index contributed by atoms with van der Waals surface area (Å²) in [4.78, 5) is 18.4. The molecule has 1 unspecified atom stereocenters. The average Bonchev–Trinajstić information content (AvgIpc) is 3.14. The molecular formula is C16H17N3O4S. The van der Waals surface area contributed by atoms with Crippen LogP contribution in [0.25, 0.3) is 0 Å². The second kappa shape index (κ2) is 6.12. The van der Waals surface area contributed by atoms with Crippen LogP contribution in [0.2, 0.25) is 0 Å². The first-order valence-corrected chi connectivity index (χ1v) is 8.84. The summed E-state index contributed by atoms with van der Waals surface area (Å²) in [6.45, 7) is 1.95. The van der Waals surface area contributed by atoms with E-state index in [4.69, 9.17) is 4.42 Å². The van der Waals surface area contributed by atoms with Gasteiger partial charge in [-0.05, 0) is 31.2 Å². The lowest BCUT2D eigenvalue weighted by atomic mass is 10.2. The smallest absolute Gasteiger partial charge is 0.263 e. The molecule has 126 valence electrons. The van der Waals surface area contributed by atoms with Gasteiger partial charge in [0, 0.05) is 12.6 Å². The Morgan fingerprint density at radius 1 is 1.29 bits per heavy atom. The number of fused-ring (bicyclic) bond motifs is 1. The maximum absolute atomic E-state index is 12.4. The molecule has 1 N–H and O–H groups in total. The number of rotatable bonds is 4. The summed E-state index contributed by atoms with van der Waals surface area (Å²) in [5.74, 6) is 0.623. The molecule has 0 radical (unpaired) electrons. The molecule has 0 saturated carbocycles. The number of furan rings is 1.